The maximum absolute atomic E-state index is 8.46. The Hall–Kier alpha value is -0.500. The second-order valence-corrected chi connectivity index (χ2v) is 2.66. The quantitative estimate of drug-likeness (QED) is 0.441. The molecular formula is C9H18O2. The third kappa shape index (κ3) is 9.50. The van der Waals surface area contributed by atoms with Crippen molar-refractivity contribution in [3.8, 4) is 0 Å². The van der Waals surface area contributed by atoms with Crippen LogP contribution in [-0.4, -0.2) is 16.8 Å². The van der Waals surface area contributed by atoms with Crippen LogP contribution in [0.15, 0.2) is 12.3 Å². The van der Waals surface area contributed by atoms with Crippen LogP contribution in [0, 0.1) is 0 Å². The summed E-state index contributed by atoms with van der Waals surface area (Å²) in [4.78, 5) is 0. The number of rotatable bonds is 7. The van der Waals surface area contributed by atoms with Gasteiger partial charge in [-0.3, -0.25) is 0 Å². The van der Waals surface area contributed by atoms with Crippen LogP contribution in [0.4, 0.5) is 0 Å². The van der Waals surface area contributed by atoms with Gasteiger partial charge >= 0.3 is 0 Å². The van der Waals surface area contributed by atoms with Crippen LogP contribution in [0.25, 0.3) is 0 Å². The normalized spacial score (nSPS) is 11.0. The molecule has 0 heterocycles. The monoisotopic (exact) mass is 158 g/mol. The predicted molar refractivity (Wildman–Crippen MR) is 46.6 cm³/mol. The van der Waals surface area contributed by atoms with E-state index in [1.165, 1.54) is 12.8 Å². The van der Waals surface area contributed by atoms with Gasteiger partial charge in [0, 0.05) is 6.61 Å². The van der Waals surface area contributed by atoms with Crippen molar-refractivity contribution in [2.45, 2.75) is 38.5 Å². The van der Waals surface area contributed by atoms with E-state index in [9.17, 15) is 0 Å². The summed E-state index contributed by atoms with van der Waals surface area (Å²) in [7, 11) is 0. The van der Waals surface area contributed by atoms with Crippen molar-refractivity contribution < 1.29 is 10.2 Å². The third-order valence-electron chi connectivity index (χ3n) is 1.63. The van der Waals surface area contributed by atoms with Crippen molar-refractivity contribution in [1.82, 2.24) is 0 Å². The molecule has 11 heavy (non-hydrogen) atoms. The average molecular weight is 158 g/mol. The molecule has 0 aromatic heterocycles. The summed E-state index contributed by atoms with van der Waals surface area (Å²) in [5.41, 5.74) is 0. The van der Waals surface area contributed by atoms with Crippen LogP contribution in [0.5, 0.6) is 0 Å². The van der Waals surface area contributed by atoms with Gasteiger partial charge in [0.1, 0.15) is 0 Å². The molecule has 0 aliphatic rings. The van der Waals surface area contributed by atoms with Gasteiger partial charge < -0.3 is 10.2 Å². The number of hydrogen-bond donors (Lipinski definition) is 2. The van der Waals surface area contributed by atoms with Crippen LogP contribution in [0.1, 0.15) is 38.5 Å². The molecule has 2 heteroatoms. The first-order valence-corrected chi connectivity index (χ1v) is 4.32. The van der Waals surface area contributed by atoms with Gasteiger partial charge in [0.2, 0.25) is 0 Å². The van der Waals surface area contributed by atoms with E-state index in [2.05, 4.69) is 0 Å². The van der Waals surface area contributed by atoms with Gasteiger partial charge in [-0.05, 0) is 19.3 Å². The minimum Gasteiger partial charge on any atom is -0.516 e. The lowest BCUT2D eigenvalue weighted by Gasteiger charge is -1.96. The number of aliphatic hydroxyl groups excluding tert-OH is 2. The lowest BCUT2D eigenvalue weighted by Crippen LogP contribution is -1.82. The highest BCUT2D eigenvalue weighted by atomic mass is 16.3. The second kappa shape index (κ2) is 9.50. The zero-order chi connectivity index (χ0) is 8.36. The Bertz CT molecular complexity index is 89.6. The Kier molecular flexibility index (Phi) is 9.07. The number of hydrogen-bond acceptors (Lipinski definition) is 2. The molecule has 0 saturated carbocycles. The van der Waals surface area contributed by atoms with E-state index >= 15 is 0 Å². The predicted octanol–water partition coefficient (Wildman–Crippen LogP) is 2.39. The molecule has 0 atom stereocenters. The van der Waals surface area contributed by atoms with Gasteiger partial charge in [-0.15, -0.1) is 0 Å². The summed E-state index contributed by atoms with van der Waals surface area (Å²) >= 11 is 0. The molecule has 0 aromatic rings. The number of unbranched alkanes of at least 4 members (excludes halogenated alkanes) is 5. The van der Waals surface area contributed by atoms with Crippen molar-refractivity contribution >= 4 is 0 Å². The summed E-state index contributed by atoms with van der Waals surface area (Å²) in [6.45, 7) is 0.316. The zero-order valence-corrected chi connectivity index (χ0v) is 7.00. The van der Waals surface area contributed by atoms with E-state index in [1.54, 1.807) is 6.08 Å². The average Bonchev–Trinajstić information content (AvgIpc) is 2.03. The maximum atomic E-state index is 8.46. The smallest absolute Gasteiger partial charge is 0.0751 e. The van der Waals surface area contributed by atoms with Crippen LogP contribution in [-0.2, 0) is 0 Å². The SMILES string of the molecule is O/C=C/CCCCCCCO. The molecule has 0 aliphatic carbocycles. The molecule has 0 amide bonds. The van der Waals surface area contributed by atoms with E-state index in [-0.39, 0.29) is 0 Å². The number of aliphatic hydroxyl groups is 2. The Morgan fingerprint density at radius 3 is 2.18 bits per heavy atom. The molecular weight excluding hydrogens is 140 g/mol. The summed E-state index contributed by atoms with van der Waals surface area (Å²) in [6, 6.07) is 0. The Morgan fingerprint density at radius 2 is 1.55 bits per heavy atom. The first kappa shape index (κ1) is 10.5. The highest BCUT2D eigenvalue weighted by Crippen LogP contribution is 2.04. The third-order valence-corrected chi connectivity index (χ3v) is 1.63. The van der Waals surface area contributed by atoms with Gasteiger partial charge in [0.05, 0.1) is 6.26 Å². The molecule has 0 bridgehead atoms. The Balaban J connectivity index is 2.79. The van der Waals surface area contributed by atoms with Crippen molar-refractivity contribution in [3.05, 3.63) is 12.3 Å². The summed E-state index contributed by atoms with van der Waals surface area (Å²) in [5, 5.41) is 16.8. The fourth-order valence-electron chi connectivity index (χ4n) is 0.979. The Labute approximate surface area is 68.6 Å². The zero-order valence-electron chi connectivity index (χ0n) is 7.00. The van der Waals surface area contributed by atoms with E-state index < -0.39 is 0 Å². The molecule has 0 aromatic carbocycles. The van der Waals surface area contributed by atoms with Gasteiger partial charge in [-0.25, -0.2) is 0 Å². The lowest BCUT2D eigenvalue weighted by atomic mass is 10.1. The molecule has 0 saturated heterocycles. The summed E-state index contributed by atoms with van der Waals surface area (Å²) in [5.74, 6) is 0. The van der Waals surface area contributed by atoms with Crippen molar-refractivity contribution in [2.24, 2.45) is 0 Å². The highest BCUT2D eigenvalue weighted by Gasteiger charge is 1.87. The highest BCUT2D eigenvalue weighted by molar-refractivity contribution is 4.70. The van der Waals surface area contributed by atoms with E-state index in [4.69, 9.17) is 10.2 Å². The molecule has 0 unspecified atom stereocenters. The van der Waals surface area contributed by atoms with Crippen molar-refractivity contribution in [2.75, 3.05) is 6.61 Å². The van der Waals surface area contributed by atoms with E-state index in [1.807, 2.05) is 0 Å². The van der Waals surface area contributed by atoms with Gasteiger partial charge in [-0.2, -0.15) is 0 Å². The molecule has 0 aliphatic heterocycles. The fraction of sp³-hybridized carbons (Fsp3) is 0.778. The molecule has 0 fully saturated rings. The minimum absolute atomic E-state index is 0.316. The van der Waals surface area contributed by atoms with Crippen LogP contribution < -0.4 is 0 Å². The first-order valence-electron chi connectivity index (χ1n) is 4.32. The van der Waals surface area contributed by atoms with Crippen LogP contribution in [0.2, 0.25) is 0 Å². The van der Waals surface area contributed by atoms with Crippen LogP contribution in [0.3, 0.4) is 0 Å². The van der Waals surface area contributed by atoms with Gasteiger partial charge in [-0.1, -0.05) is 25.3 Å². The molecule has 66 valence electrons. The number of allylic oxidation sites excluding steroid dienone is 1. The largest absolute Gasteiger partial charge is 0.516 e. The molecule has 0 radical (unpaired) electrons. The second-order valence-electron chi connectivity index (χ2n) is 2.66. The Morgan fingerprint density at radius 1 is 0.909 bits per heavy atom. The maximum Gasteiger partial charge on any atom is 0.0751 e. The van der Waals surface area contributed by atoms with Gasteiger partial charge in [0.25, 0.3) is 0 Å². The molecule has 0 rings (SSSR count). The van der Waals surface area contributed by atoms with E-state index in [0.29, 0.717) is 6.61 Å². The lowest BCUT2D eigenvalue weighted by molar-refractivity contribution is 0.282. The van der Waals surface area contributed by atoms with Crippen molar-refractivity contribution in [1.29, 1.82) is 0 Å². The van der Waals surface area contributed by atoms with E-state index in [0.717, 1.165) is 31.9 Å². The van der Waals surface area contributed by atoms with Gasteiger partial charge in [0.15, 0.2) is 0 Å². The first-order chi connectivity index (χ1) is 5.41. The van der Waals surface area contributed by atoms with Crippen molar-refractivity contribution in [3.63, 3.8) is 0 Å². The molecule has 2 nitrogen and oxygen atoms in total. The fourth-order valence-corrected chi connectivity index (χ4v) is 0.979. The topological polar surface area (TPSA) is 40.5 Å². The summed E-state index contributed by atoms with van der Waals surface area (Å²) in [6.07, 6.45) is 9.43. The van der Waals surface area contributed by atoms with Crippen LogP contribution >= 0.6 is 0 Å². The molecule has 2 N–H and O–H groups in total. The molecule has 0 spiro atoms. The summed E-state index contributed by atoms with van der Waals surface area (Å²) < 4.78 is 0. The standard InChI is InChI=1S/C9H18O2/c10-8-6-4-2-1-3-5-7-9-11/h6,8,10-11H,1-5,7,9H2/b8-6+. The minimum atomic E-state index is 0.316.